The lowest BCUT2D eigenvalue weighted by atomic mass is 9.73. The van der Waals surface area contributed by atoms with Gasteiger partial charge in [-0.25, -0.2) is 0 Å². The normalized spacial score (nSPS) is 16.9. The van der Waals surface area contributed by atoms with Gasteiger partial charge >= 0.3 is 0 Å². The zero-order valence-corrected chi connectivity index (χ0v) is 28.8. The Hall–Kier alpha value is -6.59. The van der Waals surface area contributed by atoms with E-state index in [-0.39, 0.29) is 0 Å². The van der Waals surface area contributed by atoms with Gasteiger partial charge in [-0.3, -0.25) is 4.98 Å². The molecule has 2 atom stereocenters. The summed E-state index contributed by atoms with van der Waals surface area (Å²) >= 11 is 0. The van der Waals surface area contributed by atoms with Crippen molar-refractivity contribution in [3.05, 3.63) is 182 Å². The second-order valence-corrected chi connectivity index (χ2v) is 13.6. The molecule has 8 aromatic rings. The minimum Gasteiger partial charge on any atom is -0.405 e. The van der Waals surface area contributed by atoms with Crippen molar-refractivity contribution in [1.29, 1.82) is 0 Å². The SMILES string of the molecule is N/C=C\C=C/C1CCC1/C=C(\C=C(/N)c1ccccn1)n1c2ccccc2c2c(-c3ccc4c5ccccc5n(-c5ccccc5)c4c3)cccc21. The number of benzene rings is 5. The summed E-state index contributed by atoms with van der Waals surface area (Å²) in [5, 5.41) is 4.90. The second-order valence-electron chi connectivity index (χ2n) is 13.6. The largest absolute Gasteiger partial charge is 0.405 e. The van der Waals surface area contributed by atoms with E-state index in [2.05, 4.69) is 154 Å². The van der Waals surface area contributed by atoms with Gasteiger partial charge in [-0.15, -0.1) is 0 Å². The van der Waals surface area contributed by atoms with Crippen LogP contribution in [0.2, 0.25) is 0 Å². The number of para-hydroxylation sites is 3. The predicted octanol–water partition coefficient (Wildman–Crippen LogP) is 10.8. The molecule has 5 aromatic carbocycles. The molecule has 2 unspecified atom stereocenters. The van der Waals surface area contributed by atoms with Crippen LogP contribution in [0.5, 0.6) is 0 Å². The molecule has 252 valence electrons. The molecule has 0 amide bonds. The van der Waals surface area contributed by atoms with Crippen LogP contribution in [0, 0.1) is 11.8 Å². The van der Waals surface area contributed by atoms with E-state index in [1.54, 1.807) is 12.4 Å². The summed E-state index contributed by atoms with van der Waals surface area (Å²) in [6, 6.07) is 47.5. The highest BCUT2D eigenvalue weighted by atomic mass is 15.0. The van der Waals surface area contributed by atoms with Gasteiger partial charge in [-0.2, -0.15) is 0 Å². The van der Waals surface area contributed by atoms with Crippen LogP contribution in [0.15, 0.2) is 176 Å². The van der Waals surface area contributed by atoms with Crippen LogP contribution >= 0.6 is 0 Å². The topological polar surface area (TPSA) is 74.8 Å². The summed E-state index contributed by atoms with van der Waals surface area (Å²) in [6.45, 7) is 0. The molecule has 3 aromatic heterocycles. The molecule has 0 radical (unpaired) electrons. The van der Waals surface area contributed by atoms with Gasteiger partial charge in [0.1, 0.15) is 0 Å². The first-order valence-electron chi connectivity index (χ1n) is 18.0. The zero-order valence-electron chi connectivity index (χ0n) is 28.8. The molecule has 0 aliphatic heterocycles. The molecule has 9 rings (SSSR count). The molecule has 0 saturated heterocycles. The van der Waals surface area contributed by atoms with Crippen molar-refractivity contribution < 1.29 is 0 Å². The molecule has 1 saturated carbocycles. The molecule has 52 heavy (non-hydrogen) atoms. The molecule has 4 N–H and O–H groups in total. The fourth-order valence-corrected chi connectivity index (χ4v) is 7.97. The molecular formula is C47H39N5. The molecule has 5 heteroatoms. The van der Waals surface area contributed by atoms with E-state index in [0.29, 0.717) is 17.5 Å². The summed E-state index contributed by atoms with van der Waals surface area (Å²) in [4.78, 5) is 4.58. The molecular weight excluding hydrogens is 635 g/mol. The number of nitrogens with two attached hydrogens (primary N) is 2. The molecule has 1 aliphatic carbocycles. The van der Waals surface area contributed by atoms with Gasteiger partial charge < -0.3 is 20.6 Å². The smallest absolute Gasteiger partial charge is 0.0859 e. The van der Waals surface area contributed by atoms with Gasteiger partial charge in [-0.1, -0.05) is 103 Å². The van der Waals surface area contributed by atoms with E-state index in [4.69, 9.17) is 11.5 Å². The fourth-order valence-electron chi connectivity index (χ4n) is 7.97. The Morgan fingerprint density at radius 3 is 2.17 bits per heavy atom. The highest BCUT2D eigenvalue weighted by Crippen LogP contribution is 2.43. The van der Waals surface area contributed by atoms with Crippen molar-refractivity contribution in [3.8, 4) is 16.8 Å². The average Bonchev–Trinajstić information content (AvgIpc) is 3.71. The molecule has 0 bridgehead atoms. The first kappa shape index (κ1) is 31.4. The zero-order chi connectivity index (χ0) is 35.0. The summed E-state index contributed by atoms with van der Waals surface area (Å²) in [5.41, 5.74) is 23.1. The van der Waals surface area contributed by atoms with Crippen LogP contribution in [0.4, 0.5) is 0 Å². The summed E-state index contributed by atoms with van der Waals surface area (Å²) < 4.78 is 4.78. The summed E-state index contributed by atoms with van der Waals surface area (Å²) in [6.07, 6.45) is 16.4. The lowest BCUT2D eigenvalue weighted by Crippen LogP contribution is -2.22. The third-order valence-electron chi connectivity index (χ3n) is 10.6. The van der Waals surface area contributed by atoms with Crippen molar-refractivity contribution in [1.82, 2.24) is 14.1 Å². The lowest BCUT2D eigenvalue weighted by Gasteiger charge is -2.33. The Morgan fingerprint density at radius 1 is 0.654 bits per heavy atom. The van der Waals surface area contributed by atoms with Crippen LogP contribution in [-0.2, 0) is 0 Å². The minimum absolute atomic E-state index is 0.368. The number of rotatable bonds is 8. The van der Waals surface area contributed by atoms with Crippen LogP contribution in [0.25, 0.3) is 71.8 Å². The van der Waals surface area contributed by atoms with Gasteiger partial charge in [0.2, 0.25) is 0 Å². The van der Waals surface area contributed by atoms with E-state index in [9.17, 15) is 0 Å². The Morgan fingerprint density at radius 2 is 1.38 bits per heavy atom. The Bertz CT molecular complexity index is 2710. The maximum Gasteiger partial charge on any atom is 0.0859 e. The quantitative estimate of drug-likeness (QED) is 0.158. The fraction of sp³-hybridized carbons (Fsp3) is 0.0851. The number of pyridine rings is 1. The number of hydrogen-bond donors (Lipinski definition) is 2. The Kier molecular flexibility index (Phi) is 8.01. The van der Waals surface area contributed by atoms with Gasteiger partial charge in [0, 0.05) is 39.1 Å². The molecule has 5 nitrogen and oxygen atoms in total. The first-order chi connectivity index (χ1) is 25.7. The number of hydrogen-bond acceptors (Lipinski definition) is 3. The number of aromatic nitrogens is 3. The highest BCUT2D eigenvalue weighted by molar-refractivity contribution is 6.18. The molecule has 3 heterocycles. The maximum absolute atomic E-state index is 6.83. The monoisotopic (exact) mass is 673 g/mol. The lowest BCUT2D eigenvalue weighted by molar-refractivity contribution is 0.286. The highest BCUT2D eigenvalue weighted by Gasteiger charge is 2.28. The minimum atomic E-state index is 0.368. The van der Waals surface area contributed by atoms with Crippen LogP contribution in [0.3, 0.4) is 0 Å². The van der Waals surface area contributed by atoms with Crippen molar-refractivity contribution in [3.63, 3.8) is 0 Å². The van der Waals surface area contributed by atoms with E-state index in [1.807, 2.05) is 24.3 Å². The van der Waals surface area contributed by atoms with Gasteiger partial charge in [0.15, 0.2) is 0 Å². The van der Waals surface area contributed by atoms with Crippen molar-refractivity contribution in [2.75, 3.05) is 0 Å². The molecule has 1 aliphatic rings. The maximum atomic E-state index is 6.83. The van der Waals surface area contributed by atoms with Crippen molar-refractivity contribution in [2.24, 2.45) is 23.3 Å². The Labute approximate surface area is 303 Å². The second kappa shape index (κ2) is 13.3. The van der Waals surface area contributed by atoms with E-state index in [0.717, 1.165) is 41.0 Å². The van der Waals surface area contributed by atoms with Crippen LogP contribution < -0.4 is 11.5 Å². The third-order valence-corrected chi connectivity index (χ3v) is 10.6. The van der Waals surface area contributed by atoms with Crippen molar-refractivity contribution in [2.45, 2.75) is 12.8 Å². The van der Waals surface area contributed by atoms with Crippen LogP contribution in [-0.4, -0.2) is 14.1 Å². The molecule has 1 fully saturated rings. The third kappa shape index (κ3) is 5.39. The average molecular weight is 674 g/mol. The summed E-state index contributed by atoms with van der Waals surface area (Å²) in [7, 11) is 0. The van der Waals surface area contributed by atoms with Gasteiger partial charge in [0.05, 0.1) is 33.5 Å². The van der Waals surface area contributed by atoms with E-state index in [1.165, 1.54) is 43.7 Å². The number of allylic oxidation sites excluding steroid dienone is 6. The number of fused-ring (bicyclic) bond motifs is 6. The van der Waals surface area contributed by atoms with Gasteiger partial charge in [0.25, 0.3) is 0 Å². The standard InChI is InChI=1S/C47H39N5/c48-27-10-8-13-32-23-24-33(32)29-36(31-41(49)42-19-9-11-28-50-42)52-44-21-7-5-17-40(44)47-37(18-12-22-45(47)52)34-25-26-39-38-16-4-6-20-43(38)51(46(39)30-34)35-14-2-1-3-15-35/h1-22,25-33H,23-24,48-49H2/b13-8-,27-10-,36-29+,41-31-. The Balaban J connectivity index is 1.27. The summed E-state index contributed by atoms with van der Waals surface area (Å²) in [5.74, 6) is 0.800. The van der Waals surface area contributed by atoms with Gasteiger partial charge in [-0.05, 0) is 103 Å². The van der Waals surface area contributed by atoms with Crippen LogP contribution in [0.1, 0.15) is 18.5 Å². The van der Waals surface area contributed by atoms with E-state index >= 15 is 0 Å². The predicted molar refractivity (Wildman–Crippen MR) is 219 cm³/mol. The van der Waals surface area contributed by atoms with E-state index < -0.39 is 0 Å². The first-order valence-corrected chi connectivity index (χ1v) is 18.0. The molecule has 0 spiro atoms. The number of nitrogens with zero attached hydrogens (tertiary/aromatic N) is 3. The van der Waals surface area contributed by atoms with Crippen molar-refractivity contribution >= 4 is 55.0 Å².